The van der Waals surface area contributed by atoms with Crippen LogP contribution < -0.4 is 4.74 Å². The van der Waals surface area contributed by atoms with Gasteiger partial charge in [0.1, 0.15) is 11.8 Å². The van der Waals surface area contributed by atoms with Crippen molar-refractivity contribution >= 4 is 15.9 Å². The minimum absolute atomic E-state index is 0.217. The second-order valence-electron chi connectivity index (χ2n) is 3.47. The van der Waals surface area contributed by atoms with Crippen molar-refractivity contribution < 1.29 is 4.74 Å². The van der Waals surface area contributed by atoms with Gasteiger partial charge in [0.05, 0.1) is 11.7 Å². The molecule has 0 saturated carbocycles. The first-order valence-electron chi connectivity index (χ1n) is 5.03. The summed E-state index contributed by atoms with van der Waals surface area (Å²) < 4.78 is 6.48. The molecule has 3 heteroatoms. The monoisotopic (exact) mass is 267 g/mol. The lowest BCUT2D eigenvalue weighted by atomic mass is 10.2. The number of nitriles is 1. The average molecular weight is 268 g/mol. The molecule has 1 unspecified atom stereocenters. The smallest absolute Gasteiger partial charge is 0.120 e. The fraction of sp³-hybridized carbons (Fsp3) is 0.417. The normalized spacial score (nSPS) is 11.9. The highest BCUT2D eigenvalue weighted by molar-refractivity contribution is 9.10. The zero-order valence-corrected chi connectivity index (χ0v) is 10.5. The van der Waals surface area contributed by atoms with Gasteiger partial charge in [-0.2, -0.15) is 5.26 Å². The van der Waals surface area contributed by atoms with Crippen LogP contribution in [0.15, 0.2) is 22.7 Å². The SMILES string of the molecule is CCCC(C)Oc1ccc(C#N)c(Br)c1. The lowest BCUT2D eigenvalue weighted by Crippen LogP contribution is -2.10. The molecule has 0 aliphatic rings. The summed E-state index contributed by atoms with van der Waals surface area (Å²) in [5.41, 5.74) is 0.630. The maximum atomic E-state index is 8.75. The van der Waals surface area contributed by atoms with Gasteiger partial charge in [0.2, 0.25) is 0 Å². The fourth-order valence-corrected chi connectivity index (χ4v) is 1.80. The fourth-order valence-electron chi connectivity index (χ4n) is 1.36. The molecule has 0 spiro atoms. The van der Waals surface area contributed by atoms with Crippen molar-refractivity contribution in [2.75, 3.05) is 0 Å². The van der Waals surface area contributed by atoms with E-state index in [1.165, 1.54) is 0 Å². The maximum Gasteiger partial charge on any atom is 0.120 e. The Morgan fingerprint density at radius 3 is 2.80 bits per heavy atom. The van der Waals surface area contributed by atoms with Gasteiger partial charge in [0, 0.05) is 4.47 Å². The third-order valence-electron chi connectivity index (χ3n) is 2.09. The van der Waals surface area contributed by atoms with Gasteiger partial charge in [0.15, 0.2) is 0 Å². The van der Waals surface area contributed by atoms with Crippen LogP contribution >= 0.6 is 15.9 Å². The van der Waals surface area contributed by atoms with Crippen molar-refractivity contribution in [3.8, 4) is 11.8 Å². The van der Waals surface area contributed by atoms with Gasteiger partial charge >= 0.3 is 0 Å². The third kappa shape index (κ3) is 3.56. The van der Waals surface area contributed by atoms with E-state index in [0.29, 0.717) is 5.56 Å². The first kappa shape index (κ1) is 12.1. The molecule has 0 N–H and O–H groups in total. The van der Waals surface area contributed by atoms with E-state index in [4.69, 9.17) is 10.00 Å². The van der Waals surface area contributed by atoms with Gasteiger partial charge in [-0.3, -0.25) is 0 Å². The van der Waals surface area contributed by atoms with Crippen LogP contribution in [0.1, 0.15) is 32.3 Å². The molecule has 1 aromatic rings. The van der Waals surface area contributed by atoms with E-state index in [9.17, 15) is 0 Å². The largest absolute Gasteiger partial charge is 0.491 e. The van der Waals surface area contributed by atoms with Crippen molar-refractivity contribution in [3.63, 3.8) is 0 Å². The van der Waals surface area contributed by atoms with Gasteiger partial charge < -0.3 is 4.74 Å². The second kappa shape index (κ2) is 5.77. The molecule has 0 fully saturated rings. The molecule has 1 rings (SSSR count). The molecular formula is C12H14BrNO. The number of hydrogen-bond donors (Lipinski definition) is 0. The second-order valence-corrected chi connectivity index (χ2v) is 4.32. The number of hydrogen-bond acceptors (Lipinski definition) is 2. The Labute approximate surface area is 99.0 Å². The zero-order chi connectivity index (χ0) is 11.3. The van der Waals surface area contributed by atoms with Crippen LogP contribution in [0.2, 0.25) is 0 Å². The highest BCUT2D eigenvalue weighted by Crippen LogP contribution is 2.23. The van der Waals surface area contributed by atoms with Crippen LogP contribution in [0, 0.1) is 11.3 Å². The molecule has 0 aliphatic carbocycles. The number of rotatable bonds is 4. The van der Waals surface area contributed by atoms with E-state index < -0.39 is 0 Å². The molecule has 0 bridgehead atoms. The Kier molecular flexibility index (Phi) is 4.64. The standard InChI is InChI=1S/C12H14BrNO/c1-3-4-9(2)15-11-6-5-10(8-14)12(13)7-11/h5-7,9H,3-4H2,1-2H3. The summed E-state index contributed by atoms with van der Waals surface area (Å²) in [7, 11) is 0. The molecule has 1 atom stereocenters. The molecule has 15 heavy (non-hydrogen) atoms. The number of halogens is 1. The molecular weight excluding hydrogens is 254 g/mol. The average Bonchev–Trinajstić information content (AvgIpc) is 2.18. The van der Waals surface area contributed by atoms with E-state index in [-0.39, 0.29) is 6.10 Å². The van der Waals surface area contributed by atoms with E-state index >= 15 is 0 Å². The van der Waals surface area contributed by atoms with Crippen molar-refractivity contribution in [2.45, 2.75) is 32.8 Å². The Balaban J connectivity index is 2.72. The zero-order valence-electron chi connectivity index (χ0n) is 8.96. The molecule has 0 aromatic heterocycles. The van der Waals surface area contributed by atoms with E-state index in [1.54, 1.807) is 6.07 Å². The molecule has 2 nitrogen and oxygen atoms in total. The van der Waals surface area contributed by atoms with E-state index in [2.05, 4.69) is 35.8 Å². The number of benzene rings is 1. The van der Waals surface area contributed by atoms with Crippen LogP contribution in [-0.2, 0) is 0 Å². The molecule has 80 valence electrons. The Morgan fingerprint density at radius 1 is 1.53 bits per heavy atom. The van der Waals surface area contributed by atoms with Crippen LogP contribution in [0.5, 0.6) is 5.75 Å². The molecule has 0 aliphatic heterocycles. The summed E-state index contributed by atoms with van der Waals surface area (Å²) in [6, 6.07) is 7.53. The third-order valence-corrected chi connectivity index (χ3v) is 2.75. The van der Waals surface area contributed by atoms with Crippen LogP contribution in [0.3, 0.4) is 0 Å². The minimum Gasteiger partial charge on any atom is -0.491 e. The van der Waals surface area contributed by atoms with Crippen molar-refractivity contribution in [3.05, 3.63) is 28.2 Å². The molecule has 0 saturated heterocycles. The number of nitrogens with zero attached hydrogens (tertiary/aromatic N) is 1. The molecule has 1 aromatic carbocycles. The van der Waals surface area contributed by atoms with Crippen molar-refractivity contribution in [2.24, 2.45) is 0 Å². The van der Waals surface area contributed by atoms with Gasteiger partial charge in [-0.15, -0.1) is 0 Å². The minimum atomic E-state index is 0.217. The van der Waals surface area contributed by atoms with Crippen LogP contribution in [0.25, 0.3) is 0 Å². The van der Waals surface area contributed by atoms with Gasteiger partial charge in [0.25, 0.3) is 0 Å². The topological polar surface area (TPSA) is 33.0 Å². The summed E-state index contributed by atoms with van der Waals surface area (Å²) in [5, 5.41) is 8.75. The van der Waals surface area contributed by atoms with E-state index in [0.717, 1.165) is 23.1 Å². The van der Waals surface area contributed by atoms with Crippen molar-refractivity contribution in [1.29, 1.82) is 5.26 Å². The lowest BCUT2D eigenvalue weighted by molar-refractivity contribution is 0.210. The maximum absolute atomic E-state index is 8.75. The summed E-state index contributed by atoms with van der Waals surface area (Å²) in [6.45, 7) is 4.18. The Morgan fingerprint density at radius 2 is 2.27 bits per heavy atom. The molecule has 0 radical (unpaired) electrons. The first-order chi connectivity index (χ1) is 7.17. The Bertz CT molecular complexity index is 370. The summed E-state index contributed by atoms with van der Waals surface area (Å²) >= 11 is 3.33. The van der Waals surface area contributed by atoms with Gasteiger partial charge in [-0.1, -0.05) is 13.3 Å². The first-order valence-corrected chi connectivity index (χ1v) is 5.83. The summed E-state index contributed by atoms with van der Waals surface area (Å²) in [6.07, 6.45) is 2.37. The van der Waals surface area contributed by atoms with Crippen molar-refractivity contribution in [1.82, 2.24) is 0 Å². The number of ether oxygens (including phenoxy) is 1. The van der Waals surface area contributed by atoms with Gasteiger partial charge in [-0.05, 0) is 47.5 Å². The predicted octanol–water partition coefficient (Wildman–Crippen LogP) is 3.89. The van der Waals surface area contributed by atoms with Crippen LogP contribution in [-0.4, -0.2) is 6.10 Å². The summed E-state index contributed by atoms with van der Waals surface area (Å²) in [5.74, 6) is 0.807. The Hall–Kier alpha value is -1.01. The summed E-state index contributed by atoms with van der Waals surface area (Å²) in [4.78, 5) is 0. The van der Waals surface area contributed by atoms with Gasteiger partial charge in [-0.25, -0.2) is 0 Å². The highest BCUT2D eigenvalue weighted by Gasteiger charge is 2.05. The lowest BCUT2D eigenvalue weighted by Gasteiger charge is -2.13. The highest BCUT2D eigenvalue weighted by atomic mass is 79.9. The predicted molar refractivity (Wildman–Crippen MR) is 63.9 cm³/mol. The quantitative estimate of drug-likeness (QED) is 0.829. The van der Waals surface area contributed by atoms with Crippen LogP contribution in [0.4, 0.5) is 0 Å². The molecule has 0 amide bonds. The van der Waals surface area contributed by atoms with E-state index in [1.807, 2.05) is 12.1 Å². The molecule has 0 heterocycles.